The molecule has 33 heteroatoms. The Morgan fingerprint density at radius 3 is 1.40 bits per heavy atom. The molecule has 0 aromatic heterocycles. The number of hydrogen-bond acceptors (Lipinski definition) is 24. The van der Waals surface area contributed by atoms with E-state index in [1.807, 2.05) is 0 Å². The fraction of sp³-hybridized carbons (Fsp3) is 0.960. The third-order valence-corrected chi connectivity index (χ3v) is 10.3. The van der Waals surface area contributed by atoms with Crippen molar-refractivity contribution < 1.29 is 131 Å². The summed E-state index contributed by atoms with van der Waals surface area (Å²) in [4.78, 5) is 12.8. The molecule has 3 heterocycles. The SMILES string of the molecule is CO[C@H]1O[C@H](COCS(=O)(=O)O)[C@@H](O[C@@H]2O[C@H](C(=O)O)[C@@H](O[C@H]3O[C@H](COS(=O)(=O)O)[C@@H](OC)[C@H](OC)[C@H]3OC)[C@H](OC)[C@H]2OC)[C@H](OS(=O)(=O)O)[C@H]1OS(=O)(=O)O. The van der Waals surface area contributed by atoms with Crippen LogP contribution in [0.2, 0.25) is 0 Å². The van der Waals surface area contributed by atoms with Gasteiger partial charge in [0.2, 0.25) is 0 Å². The van der Waals surface area contributed by atoms with Gasteiger partial charge in [0.15, 0.2) is 37.0 Å². The standard InChI is InChI=1S/C25H44O29S4/c1-40-12-11(8-47-56(31,32)33)49-24(19(43-4)14(12)41-2)51-16-15(42-3)20(44-5)25(52-18(16)22(26)27)50-13-10(7-46-9-55(28,29)30)48-23(45-6)21(54-58(37,38)39)17(13)53-57(34,35)36/h10-21,23-25H,7-9H2,1-6H3,(H,26,27)(H,28,29,30)(H,31,32,33)(H,34,35,36)(H,37,38,39)/t10-,11-,12-,13-,14+,15+,16+,17+,18+,19-,20-,21-,23+,24-,25-/m1/s1. The molecule has 3 rings (SSSR count). The normalized spacial score (nSPS) is 36.8. The predicted octanol–water partition coefficient (Wildman–Crippen LogP) is -4.21. The number of carbonyl (C=O) groups is 1. The van der Waals surface area contributed by atoms with Crippen LogP contribution in [0.3, 0.4) is 0 Å². The van der Waals surface area contributed by atoms with Crippen LogP contribution in [0.25, 0.3) is 0 Å². The van der Waals surface area contributed by atoms with Gasteiger partial charge in [-0.15, -0.1) is 0 Å². The lowest BCUT2D eigenvalue weighted by Crippen LogP contribution is -2.68. The fourth-order valence-corrected chi connectivity index (χ4v) is 7.89. The van der Waals surface area contributed by atoms with Gasteiger partial charge in [-0.1, -0.05) is 0 Å². The number of carboxylic acids is 1. The molecule has 0 aromatic carbocycles. The first-order valence-corrected chi connectivity index (χ1v) is 21.6. The second-order valence-electron chi connectivity index (χ2n) is 12.0. The molecule has 3 aliphatic heterocycles. The Kier molecular flexibility index (Phi) is 18.5. The molecule has 58 heavy (non-hydrogen) atoms. The second kappa shape index (κ2) is 21.1. The number of methoxy groups -OCH3 is 6. The van der Waals surface area contributed by atoms with Crippen molar-refractivity contribution in [1.82, 2.24) is 0 Å². The van der Waals surface area contributed by atoms with Crippen LogP contribution in [0.15, 0.2) is 0 Å². The minimum absolute atomic E-state index is 0.872. The lowest BCUT2D eigenvalue weighted by Gasteiger charge is -2.50. The number of carboxylic acid groups (broad SMARTS) is 1. The van der Waals surface area contributed by atoms with E-state index in [-0.39, 0.29) is 0 Å². The molecule has 3 aliphatic rings. The average molecular weight is 937 g/mol. The van der Waals surface area contributed by atoms with E-state index in [1.54, 1.807) is 0 Å². The first-order chi connectivity index (χ1) is 26.8. The molecule has 0 aromatic rings. The van der Waals surface area contributed by atoms with Crippen LogP contribution in [0.4, 0.5) is 0 Å². The number of rotatable bonds is 22. The summed E-state index contributed by atoms with van der Waals surface area (Å²) in [7, 11) is -14.5. The van der Waals surface area contributed by atoms with Gasteiger partial charge in [0.25, 0.3) is 10.1 Å². The molecule has 0 bridgehead atoms. The number of ether oxygens (including phenoxy) is 12. The van der Waals surface area contributed by atoms with Gasteiger partial charge in [-0.3, -0.25) is 18.2 Å². The molecule has 0 unspecified atom stereocenters. The smallest absolute Gasteiger partial charge is 0.397 e. The summed E-state index contributed by atoms with van der Waals surface area (Å²) >= 11 is 0. The molecule has 342 valence electrons. The molecule has 0 aliphatic carbocycles. The topological polar surface area (TPSA) is 393 Å². The Labute approximate surface area is 331 Å². The molecule has 15 atom stereocenters. The molecule has 29 nitrogen and oxygen atoms in total. The van der Waals surface area contributed by atoms with Crippen LogP contribution in [-0.2, 0) is 116 Å². The van der Waals surface area contributed by atoms with Crippen LogP contribution < -0.4 is 0 Å². The van der Waals surface area contributed by atoms with E-state index in [9.17, 15) is 52.7 Å². The number of aliphatic carboxylic acids is 1. The quantitative estimate of drug-likeness (QED) is 0.0642. The summed E-state index contributed by atoms with van der Waals surface area (Å²) in [6, 6.07) is 0. The van der Waals surface area contributed by atoms with Gasteiger partial charge in [-0.05, 0) is 0 Å². The van der Waals surface area contributed by atoms with E-state index >= 15 is 0 Å². The molecule has 0 spiro atoms. The maximum atomic E-state index is 12.8. The van der Waals surface area contributed by atoms with E-state index in [2.05, 4.69) is 12.5 Å². The van der Waals surface area contributed by atoms with Crippen molar-refractivity contribution in [3.8, 4) is 0 Å². The van der Waals surface area contributed by atoms with Gasteiger partial charge in [0.05, 0.1) is 13.2 Å². The van der Waals surface area contributed by atoms with Gasteiger partial charge in [0.1, 0.15) is 61.0 Å². The Morgan fingerprint density at radius 1 is 0.500 bits per heavy atom. The van der Waals surface area contributed by atoms with E-state index in [1.165, 1.54) is 21.3 Å². The molecular formula is C25H44O29S4. The Balaban J connectivity index is 2.09. The zero-order valence-corrected chi connectivity index (χ0v) is 34.2. The highest BCUT2D eigenvalue weighted by atomic mass is 32.3. The van der Waals surface area contributed by atoms with Gasteiger partial charge < -0.3 is 61.9 Å². The van der Waals surface area contributed by atoms with Crippen molar-refractivity contribution in [1.29, 1.82) is 0 Å². The molecule has 0 amide bonds. The average Bonchev–Trinajstić information content (AvgIpc) is 3.10. The molecule has 3 saturated heterocycles. The van der Waals surface area contributed by atoms with Crippen molar-refractivity contribution >= 4 is 47.3 Å². The van der Waals surface area contributed by atoms with Crippen LogP contribution in [0.1, 0.15) is 0 Å². The van der Waals surface area contributed by atoms with Crippen molar-refractivity contribution in [2.45, 2.75) is 92.1 Å². The summed E-state index contributed by atoms with van der Waals surface area (Å²) in [6.45, 7) is -1.87. The molecule has 3 fully saturated rings. The maximum Gasteiger partial charge on any atom is 0.397 e. The highest BCUT2D eigenvalue weighted by Gasteiger charge is 2.58. The summed E-state index contributed by atoms with van der Waals surface area (Å²) in [5.41, 5.74) is 0. The van der Waals surface area contributed by atoms with E-state index in [4.69, 9.17) is 65.9 Å². The zero-order chi connectivity index (χ0) is 44.0. The Morgan fingerprint density at radius 2 is 0.948 bits per heavy atom. The highest BCUT2D eigenvalue weighted by Crippen LogP contribution is 2.37. The van der Waals surface area contributed by atoms with Gasteiger partial charge in [-0.2, -0.15) is 33.7 Å². The van der Waals surface area contributed by atoms with Gasteiger partial charge in [0, 0.05) is 42.7 Å². The Bertz CT molecular complexity index is 1780. The maximum absolute atomic E-state index is 12.8. The molecule has 5 N–H and O–H groups in total. The van der Waals surface area contributed by atoms with Crippen molar-refractivity contribution in [3.63, 3.8) is 0 Å². The van der Waals surface area contributed by atoms with Crippen LogP contribution in [-0.4, -0.2) is 217 Å². The molecule has 0 saturated carbocycles. The first kappa shape index (κ1) is 50.9. The lowest BCUT2D eigenvalue weighted by atomic mass is 9.95. The largest absolute Gasteiger partial charge is 0.479 e. The van der Waals surface area contributed by atoms with Crippen LogP contribution in [0, 0.1) is 0 Å². The third-order valence-electron chi connectivity index (χ3n) is 8.46. The monoisotopic (exact) mass is 936 g/mol. The molecular weight excluding hydrogens is 893 g/mol. The third kappa shape index (κ3) is 14.0. The number of hydrogen-bond donors (Lipinski definition) is 5. The predicted molar refractivity (Wildman–Crippen MR) is 177 cm³/mol. The second-order valence-corrected chi connectivity index (χ2v) is 16.6. The van der Waals surface area contributed by atoms with Crippen LogP contribution in [0.5, 0.6) is 0 Å². The van der Waals surface area contributed by atoms with E-state index < -0.39 is 159 Å². The summed E-state index contributed by atoms with van der Waals surface area (Å²) < 4.78 is 211. The van der Waals surface area contributed by atoms with Crippen molar-refractivity contribution in [2.75, 3.05) is 61.8 Å². The summed E-state index contributed by atoms with van der Waals surface area (Å²) in [5, 5.41) is 10.4. The first-order valence-electron chi connectivity index (χ1n) is 15.9. The zero-order valence-electron chi connectivity index (χ0n) is 30.9. The minimum Gasteiger partial charge on any atom is -0.479 e. The minimum atomic E-state index is -5.64. The highest BCUT2D eigenvalue weighted by molar-refractivity contribution is 7.85. The fourth-order valence-electron chi connectivity index (χ4n) is 6.30. The lowest BCUT2D eigenvalue weighted by molar-refractivity contribution is -0.377. The summed E-state index contributed by atoms with van der Waals surface area (Å²) in [5.74, 6) is -3.20. The van der Waals surface area contributed by atoms with Crippen molar-refractivity contribution in [3.05, 3.63) is 0 Å². The Hall–Kier alpha value is -1.49. The van der Waals surface area contributed by atoms with Gasteiger partial charge in [-0.25, -0.2) is 17.3 Å². The van der Waals surface area contributed by atoms with Gasteiger partial charge >= 0.3 is 37.2 Å². The van der Waals surface area contributed by atoms with E-state index in [0.717, 1.165) is 21.3 Å². The molecule has 0 radical (unpaired) electrons. The van der Waals surface area contributed by atoms with E-state index in [0.29, 0.717) is 0 Å². The van der Waals surface area contributed by atoms with Crippen molar-refractivity contribution in [2.24, 2.45) is 0 Å². The van der Waals surface area contributed by atoms with Crippen LogP contribution >= 0.6 is 0 Å². The summed E-state index contributed by atoms with van der Waals surface area (Å²) in [6.07, 6.45) is -27.1.